The van der Waals surface area contributed by atoms with Gasteiger partial charge in [-0.05, 0) is 32.5 Å². The molecule has 0 saturated heterocycles. The Kier molecular flexibility index (Phi) is 4.48. The zero-order valence-electron chi connectivity index (χ0n) is 13.8. The molecule has 23 heavy (non-hydrogen) atoms. The molecular weight excluding hydrogens is 288 g/mol. The molecule has 0 radical (unpaired) electrons. The van der Waals surface area contributed by atoms with Crippen molar-refractivity contribution in [3.8, 4) is 0 Å². The van der Waals surface area contributed by atoms with Crippen molar-refractivity contribution < 1.29 is 4.79 Å². The first-order chi connectivity index (χ1) is 11.1. The highest BCUT2D eigenvalue weighted by Crippen LogP contribution is 2.49. The third kappa shape index (κ3) is 3.45. The molecule has 1 amide bonds. The number of imidazole rings is 1. The fourth-order valence-corrected chi connectivity index (χ4v) is 2.96. The molecule has 1 aliphatic carbocycles. The first-order valence-corrected chi connectivity index (χ1v) is 8.09. The van der Waals surface area contributed by atoms with Gasteiger partial charge in [-0.3, -0.25) is 4.79 Å². The van der Waals surface area contributed by atoms with E-state index in [-0.39, 0.29) is 11.3 Å². The van der Waals surface area contributed by atoms with Crippen LogP contribution in [0.3, 0.4) is 0 Å². The standard InChI is InChI=1S/C18H24N4O/c1-21(2)10-11-22(13-16-12-19-14-20-16)17(23)18(8-9-18)15-6-4-3-5-7-15/h3-7,12,14H,8-11,13H2,1-2H3,(H,19,20). The number of nitrogens with one attached hydrogen (secondary N) is 1. The van der Waals surface area contributed by atoms with Crippen LogP contribution in [0.15, 0.2) is 42.9 Å². The van der Waals surface area contributed by atoms with Crippen LogP contribution in [0.5, 0.6) is 0 Å². The lowest BCUT2D eigenvalue weighted by Gasteiger charge is -2.28. The van der Waals surface area contributed by atoms with Gasteiger partial charge < -0.3 is 14.8 Å². The van der Waals surface area contributed by atoms with E-state index in [0.717, 1.165) is 37.2 Å². The van der Waals surface area contributed by atoms with Crippen molar-refractivity contribution >= 4 is 5.91 Å². The molecule has 5 nitrogen and oxygen atoms in total. The van der Waals surface area contributed by atoms with Crippen LogP contribution >= 0.6 is 0 Å². The van der Waals surface area contributed by atoms with E-state index in [1.54, 1.807) is 12.5 Å². The van der Waals surface area contributed by atoms with Gasteiger partial charge in [-0.25, -0.2) is 4.98 Å². The van der Waals surface area contributed by atoms with E-state index < -0.39 is 0 Å². The minimum Gasteiger partial charge on any atom is -0.347 e. The monoisotopic (exact) mass is 312 g/mol. The van der Waals surface area contributed by atoms with Crippen LogP contribution in [0.25, 0.3) is 0 Å². The third-order valence-electron chi connectivity index (χ3n) is 4.51. The van der Waals surface area contributed by atoms with Crippen LogP contribution in [-0.2, 0) is 16.8 Å². The number of H-pyrrole nitrogens is 1. The summed E-state index contributed by atoms with van der Waals surface area (Å²) in [5, 5.41) is 0. The van der Waals surface area contributed by atoms with Crippen molar-refractivity contribution in [2.24, 2.45) is 0 Å². The Hall–Kier alpha value is -2.14. The molecule has 1 heterocycles. The summed E-state index contributed by atoms with van der Waals surface area (Å²) in [5.74, 6) is 0.236. The maximum absolute atomic E-state index is 13.2. The van der Waals surface area contributed by atoms with Crippen molar-refractivity contribution in [3.63, 3.8) is 0 Å². The second-order valence-corrected chi connectivity index (χ2v) is 6.55. The number of hydrogen-bond acceptors (Lipinski definition) is 3. The van der Waals surface area contributed by atoms with Gasteiger partial charge in [0.2, 0.25) is 5.91 Å². The highest BCUT2D eigenvalue weighted by Gasteiger charge is 2.52. The van der Waals surface area contributed by atoms with Gasteiger partial charge in [-0.1, -0.05) is 30.3 Å². The summed E-state index contributed by atoms with van der Waals surface area (Å²) in [7, 11) is 4.06. The fourth-order valence-electron chi connectivity index (χ4n) is 2.96. The molecule has 0 atom stereocenters. The number of benzene rings is 1. The van der Waals surface area contributed by atoms with Gasteiger partial charge >= 0.3 is 0 Å². The Balaban J connectivity index is 1.79. The molecule has 1 N–H and O–H groups in total. The lowest BCUT2D eigenvalue weighted by molar-refractivity contribution is -0.134. The molecule has 0 spiro atoms. The largest absolute Gasteiger partial charge is 0.347 e. The molecular formula is C18H24N4O. The van der Waals surface area contributed by atoms with E-state index in [9.17, 15) is 4.79 Å². The van der Waals surface area contributed by atoms with Crippen molar-refractivity contribution in [2.45, 2.75) is 24.8 Å². The summed E-state index contributed by atoms with van der Waals surface area (Å²) in [4.78, 5) is 24.5. The number of likely N-dealkylation sites (N-methyl/N-ethyl adjacent to an activating group) is 1. The molecule has 0 bridgehead atoms. The average molecular weight is 312 g/mol. The minimum atomic E-state index is -0.312. The van der Waals surface area contributed by atoms with Gasteiger partial charge in [0.05, 0.1) is 24.0 Å². The Morgan fingerprint density at radius 1 is 1.22 bits per heavy atom. The Labute approximate surface area is 137 Å². The Morgan fingerprint density at radius 2 is 1.96 bits per heavy atom. The van der Waals surface area contributed by atoms with Gasteiger partial charge in [0.1, 0.15) is 0 Å². The summed E-state index contributed by atoms with van der Waals surface area (Å²) in [6.45, 7) is 2.16. The van der Waals surface area contributed by atoms with Crippen LogP contribution in [0.1, 0.15) is 24.1 Å². The van der Waals surface area contributed by atoms with Crippen LogP contribution in [0.4, 0.5) is 0 Å². The molecule has 1 aromatic heterocycles. The van der Waals surface area contributed by atoms with Gasteiger partial charge in [-0.2, -0.15) is 0 Å². The Morgan fingerprint density at radius 3 is 2.52 bits per heavy atom. The van der Waals surface area contributed by atoms with E-state index >= 15 is 0 Å². The average Bonchev–Trinajstić information content (AvgIpc) is 3.22. The molecule has 1 aromatic carbocycles. The van der Waals surface area contributed by atoms with E-state index in [4.69, 9.17) is 0 Å². The second-order valence-electron chi connectivity index (χ2n) is 6.55. The van der Waals surface area contributed by atoms with Gasteiger partial charge in [-0.15, -0.1) is 0 Å². The summed E-state index contributed by atoms with van der Waals surface area (Å²) < 4.78 is 0. The lowest BCUT2D eigenvalue weighted by Crippen LogP contribution is -2.42. The number of carbonyl (C=O) groups is 1. The summed E-state index contributed by atoms with van der Waals surface area (Å²) in [5.41, 5.74) is 1.80. The van der Waals surface area contributed by atoms with Gasteiger partial charge in [0.25, 0.3) is 0 Å². The highest BCUT2D eigenvalue weighted by molar-refractivity contribution is 5.91. The molecule has 5 heteroatoms. The molecule has 1 saturated carbocycles. The number of rotatable bonds is 7. The molecule has 2 aromatic rings. The van der Waals surface area contributed by atoms with Crippen LogP contribution < -0.4 is 0 Å². The maximum atomic E-state index is 13.2. The SMILES string of the molecule is CN(C)CCN(Cc1cnc[nH]1)C(=O)C1(c2ccccc2)CC1. The zero-order chi connectivity index (χ0) is 16.3. The summed E-state index contributed by atoms with van der Waals surface area (Å²) in [6.07, 6.45) is 5.33. The van der Waals surface area contributed by atoms with Crippen LogP contribution in [0.2, 0.25) is 0 Å². The van der Waals surface area contributed by atoms with E-state index in [1.165, 1.54) is 0 Å². The lowest BCUT2D eigenvalue weighted by atomic mass is 9.94. The number of nitrogens with zero attached hydrogens (tertiary/aromatic N) is 3. The van der Waals surface area contributed by atoms with Crippen LogP contribution in [-0.4, -0.2) is 52.9 Å². The number of aromatic nitrogens is 2. The van der Waals surface area contributed by atoms with Gasteiger partial charge in [0.15, 0.2) is 0 Å². The third-order valence-corrected chi connectivity index (χ3v) is 4.51. The molecule has 3 rings (SSSR count). The zero-order valence-corrected chi connectivity index (χ0v) is 13.8. The van der Waals surface area contributed by atoms with Crippen LogP contribution in [0, 0.1) is 0 Å². The fraction of sp³-hybridized carbons (Fsp3) is 0.444. The molecule has 122 valence electrons. The summed E-state index contributed by atoms with van der Waals surface area (Å²) >= 11 is 0. The molecule has 1 fully saturated rings. The second kappa shape index (κ2) is 6.54. The minimum absolute atomic E-state index is 0.236. The highest BCUT2D eigenvalue weighted by atomic mass is 16.2. The quantitative estimate of drug-likeness (QED) is 0.851. The normalized spacial score (nSPS) is 15.6. The smallest absolute Gasteiger partial charge is 0.233 e. The van der Waals surface area contributed by atoms with Crippen molar-refractivity contribution in [1.82, 2.24) is 19.8 Å². The van der Waals surface area contributed by atoms with E-state index in [2.05, 4.69) is 27.0 Å². The van der Waals surface area contributed by atoms with E-state index in [1.807, 2.05) is 37.2 Å². The van der Waals surface area contributed by atoms with Crippen molar-refractivity contribution in [3.05, 3.63) is 54.1 Å². The molecule has 0 aliphatic heterocycles. The van der Waals surface area contributed by atoms with Crippen molar-refractivity contribution in [1.29, 1.82) is 0 Å². The first-order valence-electron chi connectivity index (χ1n) is 8.09. The molecule has 1 aliphatic rings. The molecule has 0 unspecified atom stereocenters. The summed E-state index contributed by atoms with van der Waals surface area (Å²) in [6, 6.07) is 10.2. The number of carbonyl (C=O) groups excluding carboxylic acids is 1. The first kappa shape index (κ1) is 15.7. The number of amides is 1. The van der Waals surface area contributed by atoms with E-state index in [0.29, 0.717) is 6.54 Å². The maximum Gasteiger partial charge on any atom is 0.233 e. The number of aromatic amines is 1. The van der Waals surface area contributed by atoms with Crippen molar-refractivity contribution in [2.75, 3.05) is 27.2 Å². The predicted octanol–water partition coefficient (Wildman–Crippen LogP) is 2.03. The van der Waals surface area contributed by atoms with Gasteiger partial charge in [0, 0.05) is 19.3 Å². The number of hydrogen-bond donors (Lipinski definition) is 1. The topological polar surface area (TPSA) is 52.2 Å². The Bertz CT molecular complexity index is 632. The predicted molar refractivity (Wildman–Crippen MR) is 89.9 cm³/mol.